The number of aromatic nitrogens is 2. The van der Waals surface area contributed by atoms with E-state index < -0.39 is 0 Å². The largest absolute Gasteiger partial charge is 0.383 e. The van der Waals surface area contributed by atoms with E-state index in [0.717, 1.165) is 5.56 Å². The van der Waals surface area contributed by atoms with Gasteiger partial charge in [-0.15, -0.1) is 0 Å². The number of rotatable bonds is 1. The number of aryl methyl sites for hydroxylation is 1. The number of hydrogen-bond donors (Lipinski definition) is 2. The Kier molecular flexibility index (Phi) is 1.71. The molecule has 0 radical (unpaired) electrons. The first kappa shape index (κ1) is 6.80. The first-order chi connectivity index (χ1) is 4.75. The minimum Gasteiger partial charge on any atom is -0.383 e. The van der Waals surface area contributed by atoms with Gasteiger partial charge in [0.25, 0.3) is 5.56 Å². The highest BCUT2D eigenvalue weighted by Gasteiger charge is 1.98. The third-order valence-electron chi connectivity index (χ3n) is 1.30. The van der Waals surface area contributed by atoms with Crippen LogP contribution in [-0.2, 0) is 0 Å². The topological polar surface area (TPSA) is 57.8 Å². The van der Waals surface area contributed by atoms with Crippen LogP contribution < -0.4 is 10.9 Å². The van der Waals surface area contributed by atoms with Gasteiger partial charge in [-0.3, -0.25) is 4.79 Å². The highest BCUT2D eigenvalue weighted by atomic mass is 16.1. The summed E-state index contributed by atoms with van der Waals surface area (Å²) >= 11 is 0. The highest BCUT2D eigenvalue weighted by Crippen LogP contribution is 2.01. The van der Waals surface area contributed by atoms with Gasteiger partial charge in [-0.1, -0.05) is 0 Å². The van der Waals surface area contributed by atoms with Gasteiger partial charge in [0.2, 0.25) is 0 Å². The maximum atomic E-state index is 10.9. The van der Waals surface area contributed by atoms with Crippen molar-refractivity contribution in [3.05, 3.63) is 22.1 Å². The summed E-state index contributed by atoms with van der Waals surface area (Å²) in [5.74, 6) is 0. The van der Waals surface area contributed by atoms with Crippen LogP contribution in [0.5, 0.6) is 0 Å². The third kappa shape index (κ3) is 1.00. The lowest BCUT2D eigenvalue weighted by Crippen LogP contribution is -2.14. The van der Waals surface area contributed by atoms with Crippen molar-refractivity contribution in [2.24, 2.45) is 0 Å². The zero-order valence-corrected chi connectivity index (χ0v) is 5.93. The zero-order valence-electron chi connectivity index (χ0n) is 5.93. The monoisotopic (exact) mass is 139 g/mol. The van der Waals surface area contributed by atoms with Crippen molar-refractivity contribution >= 4 is 5.69 Å². The Morgan fingerprint density at radius 1 is 1.70 bits per heavy atom. The quantitative estimate of drug-likeness (QED) is 0.581. The molecule has 0 saturated heterocycles. The van der Waals surface area contributed by atoms with Gasteiger partial charge in [0, 0.05) is 7.05 Å². The van der Waals surface area contributed by atoms with E-state index in [0.29, 0.717) is 5.69 Å². The van der Waals surface area contributed by atoms with Crippen molar-refractivity contribution < 1.29 is 0 Å². The Labute approximate surface area is 58.3 Å². The van der Waals surface area contributed by atoms with Gasteiger partial charge in [0.1, 0.15) is 5.69 Å². The van der Waals surface area contributed by atoms with E-state index in [1.807, 2.05) is 6.92 Å². The predicted molar refractivity (Wildman–Crippen MR) is 39.1 cm³/mol. The molecule has 0 fully saturated rings. The number of nitrogens with zero attached hydrogens (tertiary/aromatic N) is 1. The molecule has 0 bridgehead atoms. The Morgan fingerprint density at radius 2 is 2.40 bits per heavy atom. The molecule has 1 rings (SSSR count). The molecule has 0 amide bonds. The molecule has 0 aliphatic heterocycles. The van der Waals surface area contributed by atoms with Gasteiger partial charge in [-0.05, 0) is 12.5 Å². The molecule has 1 heterocycles. The minimum absolute atomic E-state index is 0.178. The van der Waals surface area contributed by atoms with E-state index in [1.165, 1.54) is 0 Å². The molecule has 54 valence electrons. The normalized spacial score (nSPS) is 9.40. The van der Waals surface area contributed by atoms with Gasteiger partial charge in [0.05, 0.1) is 6.20 Å². The maximum absolute atomic E-state index is 10.9. The van der Waals surface area contributed by atoms with Crippen molar-refractivity contribution in [1.29, 1.82) is 0 Å². The van der Waals surface area contributed by atoms with Crippen LogP contribution in [0.3, 0.4) is 0 Å². The number of H-pyrrole nitrogens is 1. The molecule has 0 aliphatic carbocycles. The summed E-state index contributed by atoms with van der Waals surface area (Å²) in [6.07, 6.45) is 1.60. The smallest absolute Gasteiger partial charge is 0.287 e. The van der Waals surface area contributed by atoms with Crippen LogP contribution >= 0.6 is 0 Å². The van der Waals surface area contributed by atoms with Crippen molar-refractivity contribution in [3.8, 4) is 0 Å². The lowest BCUT2D eigenvalue weighted by atomic mass is 10.3. The van der Waals surface area contributed by atoms with Crippen molar-refractivity contribution in [3.63, 3.8) is 0 Å². The summed E-state index contributed by atoms with van der Waals surface area (Å²) in [4.78, 5) is 10.9. The van der Waals surface area contributed by atoms with Gasteiger partial charge < -0.3 is 5.32 Å². The van der Waals surface area contributed by atoms with E-state index in [-0.39, 0.29) is 5.56 Å². The van der Waals surface area contributed by atoms with Crippen molar-refractivity contribution in [1.82, 2.24) is 10.2 Å². The van der Waals surface area contributed by atoms with Crippen LogP contribution in [-0.4, -0.2) is 17.2 Å². The van der Waals surface area contributed by atoms with Crippen LogP contribution in [0, 0.1) is 6.92 Å². The third-order valence-corrected chi connectivity index (χ3v) is 1.30. The zero-order chi connectivity index (χ0) is 7.56. The van der Waals surface area contributed by atoms with Gasteiger partial charge in [0.15, 0.2) is 0 Å². The molecule has 10 heavy (non-hydrogen) atoms. The van der Waals surface area contributed by atoms with Crippen LogP contribution in [0.1, 0.15) is 5.56 Å². The Bertz CT molecular complexity index is 279. The first-order valence-corrected chi connectivity index (χ1v) is 2.97. The standard InChI is InChI=1S/C6H9N3O/c1-4-3-8-9-6(10)5(4)7-2/h3H,1-2H3,(H,7,8)(H,9,10). The fraction of sp³-hybridized carbons (Fsp3) is 0.333. The molecule has 0 unspecified atom stereocenters. The summed E-state index contributed by atoms with van der Waals surface area (Å²) in [6.45, 7) is 1.83. The van der Waals surface area contributed by atoms with E-state index in [2.05, 4.69) is 15.5 Å². The van der Waals surface area contributed by atoms with Crippen molar-refractivity contribution in [2.45, 2.75) is 6.92 Å². The summed E-state index contributed by atoms with van der Waals surface area (Å²) in [7, 11) is 1.71. The fourth-order valence-corrected chi connectivity index (χ4v) is 0.798. The molecular weight excluding hydrogens is 130 g/mol. The fourth-order valence-electron chi connectivity index (χ4n) is 0.798. The van der Waals surface area contributed by atoms with Crippen LogP contribution in [0.25, 0.3) is 0 Å². The van der Waals surface area contributed by atoms with Crippen LogP contribution in [0.4, 0.5) is 5.69 Å². The number of aromatic amines is 1. The second-order valence-electron chi connectivity index (χ2n) is 2.01. The Hall–Kier alpha value is -1.32. The summed E-state index contributed by atoms with van der Waals surface area (Å²) in [5.41, 5.74) is 1.25. The second kappa shape index (κ2) is 2.51. The van der Waals surface area contributed by atoms with Crippen LogP contribution in [0.2, 0.25) is 0 Å². The molecule has 0 aromatic carbocycles. The first-order valence-electron chi connectivity index (χ1n) is 2.97. The Morgan fingerprint density at radius 3 is 2.80 bits per heavy atom. The average Bonchev–Trinajstić information content (AvgIpc) is 1.88. The number of anilines is 1. The van der Waals surface area contributed by atoms with E-state index >= 15 is 0 Å². The van der Waals surface area contributed by atoms with E-state index in [1.54, 1.807) is 13.2 Å². The molecule has 0 saturated carbocycles. The summed E-state index contributed by atoms with van der Waals surface area (Å²) in [6, 6.07) is 0. The minimum atomic E-state index is -0.178. The molecule has 0 spiro atoms. The number of hydrogen-bond acceptors (Lipinski definition) is 3. The molecule has 1 aromatic heterocycles. The Balaban J connectivity index is 3.31. The van der Waals surface area contributed by atoms with Crippen molar-refractivity contribution in [2.75, 3.05) is 12.4 Å². The average molecular weight is 139 g/mol. The lowest BCUT2D eigenvalue weighted by molar-refractivity contribution is 0.975. The molecule has 1 aromatic rings. The molecular formula is C6H9N3O. The van der Waals surface area contributed by atoms with Crippen LogP contribution in [0.15, 0.2) is 11.0 Å². The molecule has 0 aliphatic rings. The molecule has 4 nitrogen and oxygen atoms in total. The number of nitrogens with one attached hydrogen (secondary N) is 2. The van der Waals surface area contributed by atoms with E-state index in [9.17, 15) is 4.79 Å². The summed E-state index contributed by atoms with van der Waals surface area (Å²) < 4.78 is 0. The lowest BCUT2D eigenvalue weighted by Gasteiger charge is -1.99. The molecule has 0 atom stereocenters. The molecule has 4 heteroatoms. The molecule has 2 N–H and O–H groups in total. The van der Waals surface area contributed by atoms with Gasteiger partial charge >= 0.3 is 0 Å². The maximum Gasteiger partial charge on any atom is 0.287 e. The van der Waals surface area contributed by atoms with E-state index in [4.69, 9.17) is 0 Å². The highest BCUT2D eigenvalue weighted by molar-refractivity contribution is 5.45. The second-order valence-corrected chi connectivity index (χ2v) is 2.01. The van der Waals surface area contributed by atoms with Gasteiger partial charge in [-0.25, -0.2) is 5.10 Å². The SMILES string of the molecule is CNc1c(C)cn[nH]c1=O. The predicted octanol–water partition coefficient (Wildman–Crippen LogP) is 0.120. The summed E-state index contributed by atoms with van der Waals surface area (Å²) in [5, 5.41) is 8.72. The van der Waals surface area contributed by atoms with Gasteiger partial charge in [-0.2, -0.15) is 5.10 Å².